The topological polar surface area (TPSA) is 80.7 Å². The number of thioether (sulfide) groups is 1. The number of β-lactam (4-membered cyclic amide) rings is 1. The number of aliphatic carboxylic acids is 1. The van der Waals surface area contributed by atoms with Crippen molar-refractivity contribution < 1.29 is 49.4 Å². The van der Waals surface area contributed by atoms with E-state index < -0.39 is 22.7 Å². The van der Waals surface area contributed by atoms with Crippen LogP contribution >= 0.6 is 11.8 Å². The van der Waals surface area contributed by atoms with Crippen LogP contribution in [-0.4, -0.2) is 44.7 Å². The molecule has 2 fully saturated rings. The Morgan fingerprint density at radius 1 is 1.62 bits per heavy atom. The molecule has 2 heterocycles. The molecule has 0 unspecified atom stereocenters. The number of fused-ring (bicyclic) bond motifs is 1. The summed E-state index contributed by atoms with van der Waals surface area (Å²) in [5.41, 5.74) is 0. The first-order valence-electron chi connectivity index (χ1n) is 4.72. The van der Waals surface area contributed by atoms with E-state index in [-0.39, 0.29) is 47.4 Å². The predicted molar refractivity (Wildman–Crippen MR) is 51.7 cm³/mol. The molecule has 1 amide bonds. The van der Waals surface area contributed by atoms with Crippen LogP contribution in [0.2, 0.25) is 0 Å². The van der Waals surface area contributed by atoms with Gasteiger partial charge in [0.25, 0.3) is 0 Å². The summed E-state index contributed by atoms with van der Waals surface area (Å²) in [6.07, 6.45) is 0. The number of amides is 1. The Bertz CT molecular complexity index is 335. The second-order valence-electron chi connectivity index (χ2n) is 4.37. The van der Waals surface area contributed by atoms with Crippen molar-refractivity contribution in [3.63, 3.8) is 0 Å². The molecule has 2 aliphatic rings. The van der Waals surface area contributed by atoms with Crippen molar-refractivity contribution in [1.29, 1.82) is 0 Å². The molecule has 0 bridgehead atoms. The minimum absolute atomic E-state index is 0. The Kier molecular flexibility index (Phi) is 4.02. The Balaban J connectivity index is 0.00000128. The largest absolute Gasteiger partial charge is 1.00 e. The van der Waals surface area contributed by atoms with Gasteiger partial charge in [0.15, 0.2) is 0 Å². The second-order valence-corrected chi connectivity index (χ2v) is 6.14. The maximum atomic E-state index is 11.5. The van der Waals surface area contributed by atoms with E-state index in [2.05, 4.69) is 0 Å². The van der Waals surface area contributed by atoms with Crippen molar-refractivity contribution >= 4 is 23.6 Å². The molecule has 2 saturated heterocycles. The van der Waals surface area contributed by atoms with Gasteiger partial charge in [0.2, 0.25) is 5.91 Å². The van der Waals surface area contributed by atoms with Crippen LogP contribution in [0.3, 0.4) is 0 Å². The smallest absolute Gasteiger partial charge is 0.548 e. The van der Waals surface area contributed by atoms with Gasteiger partial charge in [-0.1, -0.05) is 0 Å². The van der Waals surface area contributed by atoms with E-state index in [1.807, 2.05) is 0 Å². The zero-order chi connectivity index (χ0) is 11.4. The SMILES string of the molecule is CC1(C)S[C@@H]2[C@H](CO)C(=O)N2[C@H]1C(=O)[O-].[Na+]. The van der Waals surface area contributed by atoms with Crippen LogP contribution in [-0.2, 0) is 9.59 Å². The molecule has 3 atom stereocenters. The number of hydrogen-bond donors (Lipinski definition) is 1. The van der Waals surface area contributed by atoms with Gasteiger partial charge in [-0.2, -0.15) is 0 Å². The summed E-state index contributed by atoms with van der Waals surface area (Å²) in [6, 6.07) is -0.886. The van der Waals surface area contributed by atoms with Gasteiger partial charge in [-0.3, -0.25) is 4.79 Å². The fourth-order valence-electron chi connectivity index (χ4n) is 2.24. The van der Waals surface area contributed by atoms with Gasteiger partial charge in [-0.15, -0.1) is 11.8 Å². The fraction of sp³-hybridized carbons (Fsp3) is 0.778. The maximum absolute atomic E-state index is 11.5. The summed E-state index contributed by atoms with van der Waals surface area (Å²) < 4.78 is -0.552. The average Bonchev–Trinajstić information content (AvgIpc) is 2.35. The molecule has 2 rings (SSSR count). The molecular weight excluding hydrogens is 241 g/mol. The van der Waals surface area contributed by atoms with Crippen molar-refractivity contribution in [2.45, 2.75) is 30.0 Å². The van der Waals surface area contributed by atoms with Crippen LogP contribution < -0.4 is 34.7 Å². The molecule has 0 aromatic carbocycles. The third-order valence-electron chi connectivity index (χ3n) is 2.97. The molecule has 16 heavy (non-hydrogen) atoms. The fourth-order valence-corrected chi connectivity index (χ4v) is 3.91. The number of carbonyl (C=O) groups excluding carboxylic acids is 2. The Morgan fingerprint density at radius 3 is 2.62 bits per heavy atom. The summed E-state index contributed by atoms with van der Waals surface area (Å²) in [6.45, 7) is 3.33. The van der Waals surface area contributed by atoms with Gasteiger partial charge in [-0.05, 0) is 13.8 Å². The average molecular weight is 253 g/mol. The first-order valence-corrected chi connectivity index (χ1v) is 5.60. The molecule has 84 valence electrons. The van der Waals surface area contributed by atoms with Crippen molar-refractivity contribution in [2.24, 2.45) is 5.92 Å². The van der Waals surface area contributed by atoms with E-state index in [0.717, 1.165) is 0 Å². The first-order chi connectivity index (χ1) is 6.90. The Morgan fingerprint density at radius 2 is 2.19 bits per heavy atom. The van der Waals surface area contributed by atoms with E-state index in [9.17, 15) is 14.7 Å². The summed E-state index contributed by atoms with van der Waals surface area (Å²) in [7, 11) is 0. The molecule has 7 heteroatoms. The van der Waals surface area contributed by atoms with Crippen molar-refractivity contribution in [1.82, 2.24) is 4.90 Å². The van der Waals surface area contributed by atoms with E-state index in [1.165, 1.54) is 16.7 Å². The van der Waals surface area contributed by atoms with Crippen molar-refractivity contribution in [2.75, 3.05) is 6.61 Å². The number of aliphatic hydroxyl groups is 1. The normalized spacial score (nSPS) is 35.1. The minimum atomic E-state index is -1.22. The molecule has 0 aromatic rings. The first kappa shape index (κ1) is 14.3. The molecule has 0 radical (unpaired) electrons. The number of rotatable bonds is 2. The second kappa shape index (κ2) is 4.49. The number of aliphatic hydroxyl groups excluding tert-OH is 1. The summed E-state index contributed by atoms with van der Waals surface area (Å²) in [4.78, 5) is 23.8. The molecular formula is C9H12NNaO4S. The predicted octanol–water partition coefficient (Wildman–Crippen LogP) is -4.59. The summed E-state index contributed by atoms with van der Waals surface area (Å²) >= 11 is 1.41. The van der Waals surface area contributed by atoms with Gasteiger partial charge < -0.3 is 19.9 Å². The molecule has 0 aliphatic carbocycles. The molecule has 1 N–H and O–H groups in total. The molecule has 0 spiro atoms. The number of nitrogens with zero attached hydrogens (tertiary/aromatic N) is 1. The van der Waals surface area contributed by atoms with Crippen molar-refractivity contribution in [3.8, 4) is 0 Å². The van der Waals surface area contributed by atoms with Gasteiger partial charge in [0.1, 0.15) is 0 Å². The number of hydrogen-bond acceptors (Lipinski definition) is 5. The van der Waals surface area contributed by atoms with Crippen LogP contribution in [0.5, 0.6) is 0 Å². The molecule has 0 saturated carbocycles. The quantitative estimate of drug-likeness (QED) is 0.396. The summed E-state index contributed by atoms with van der Waals surface area (Å²) in [5, 5.41) is 19.7. The molecule has 0 aromatic heterocycles. The standard InChI is InChI=1S/C9H13NO4S.Na/c1-9(2)5(8(13)14)10-6(12)4(3-11)7(10)15-9;/h4-5,7,11H,3H2,1-2H3,(H,13,14);/q;+1/p-1/t4-,5+,7-;/m1./s1. The van der Waals surface area contributed by atoms with Gasteiger partial charge >= 0.3 is 29.6 Å². The van der Waals surface area contributed by atoms with Crippen molar-refractivity contribution in [3.05, 3.63) is 0 Å². The van der Waals surface area contributed by atoms with Crippen LogP contribution in [0.15, 0.2) is 0 Å². The van der Waals surface area contributed by atoms with E-state index in [0.29, 0.717) is 0 Å². The third-order valence-corrected chi connectivity index (χ3v) is 4.60. The van der Waals surface area contributed by atoms with E-state index >= 15 is 0 Å². The third kappa shape index (κ3) is 1.80. The number of carboxylic acid groups (broad SMARTS) is 1. The van der Waals surface area contributed by atoms with E-state index in [1.54, 1.807) is 13.8 Å². The van der Waals surface area contributed by atoms with Crippen LogP contribution in [0, 0.1) is 5.92 Å². The van der Waals surface area contributed by atoms with Gasteiger partial charge in [0.05, 0.1) is 29.9 Å². The number of carbonyl (C=O) groups is 2. The summed E-state index contributed by atoms with van der Waals surface area (Å²) in [5.74, 6) is -1.95. The number of carboxylic acids is 1. The Hall–Kier alpha value is 0.250. The maximum Gasteiger partial charge on any atom is 1.00 e. The molecule has 5 nitrogen and oxygen atoms in total. The van der Waals surface area contributed by atoms with Crippen LogP contribution in [0.4, 0.5) is 0 Å². The zero-order valence-electron chi connectivity index (χ0n) is 9.47. The van der Waals surface area contributed by atoms with Gasteiger partial charge in [0, 0.05) is 4.75 Å². The van der Waals surface area contributed by atoms with Gasteiger partial charge in [-0.25, -0.2) is 0 Å². The molecule has 2 aliphatic heterocycles. The Labute approximate surface area is 120 Å². The van der Waals surface area contributed by atoms with Crippen LogP contribution in [0.25, 0.3) is 0 Å². The van der Waals surface area contributed by atoms with Crippen LogP contribution in [0.1, 0.15) is 13.8 Å². The zero-order valence-corrected chi connectivity index (χ0v) is 12.3. The minimum Gasteiger partial charge on any atom is -0.548 e. The van der Waals surface area contributed by atoms with E-state index in [4.69, 9.17) is 5.11 Å². The monoisotopic (exact) mass is 253 g/mol.